The molecule has 3 heteroatoms. The molecule has 1 atom stereocenters. The summed E-state index contributed by atoms with van der Waals surface area (Å²) >= 11 is 12.5. The van der Waals surface area contributed by atoms with Gasteiger partial charge in [-0.2, -0.15) is 0 Å². The van der Waals surface area contributed by atoms with Crippen molar-refractivity contribution in [2.75, 3.05) is 7.05 Å². The number of halogens is 2. The molecule has 118 valence electrons. The van der Waals surface area contributed by atoms with Gasteiger partial charge in [-0.15, -0.1) is 0 Å². The predicted molar refractivity (Wildman–Crippen MR) is 93.2 cm³/mol. The van der Waals surface area contributed by atoms with Crippen molar-refractivity contribution >= 4 is 23.2 Å². The number of benzene rings is 1. The van der Waals surface area contributed by atoms with E-state index in [0.29, 0.717) is 17.4 Å². The third kappa shape index (κ3) is 4.15. The van der Waals surface area contributed by atoms with Gasteiger partial charge in [-0.3, -0.25) is 0 Å². The highest BCUT2D eigenvalue weighted by Gasteiger charge is 2.33. The number of nitrogens with one attached hydrogen (secondary N) is 1. The van der Waals surface area contributed by atoms with Gasteiger partial charge in [-0.1, -0.05) is 44.0 Å². The van der Waals surface area contributed by atoms with Gasteiger partial charge >= 0.3 is 0 Å². The number of hydrogen-bond donors (Lipinski definition) is 1. The van der Waals surface area contributed by atoms with Gasteiger partial charge in [0, 0.05) is 16.1 Å². The molecule has 1 aromatic rings. The normalized spacial score (nSPS) is 24.9. The van der Waals surface area contributed by atoms with Crippen molar-refractivity contribution in [3.63, 3.8) is 0 Å². The molecule has 1 fully saturated rings. The maximum absolute atomic E-state index is 6.39. The minimum Gasteiger partial charge on any atom is -0.313 e. The maximum Gasteiger partial charge on any atom is 0.0454 e. The van der Waals surface area contributed by atoms with Crippen LogP contribution in [0.15, 0.2) is 18.2 Å². The fourth-order valence-corrected chi connectivity index (χ4v) is 4.13. The lowest BCUT2D eigenvalue weighted by molar-refractivity contribution is 0.134. The monoisotopic (exact) mass is 327 g/mol. The van der Waals surface area contributed by atoms with Crippen molar-refractivity contribution in [2.45, 2.75) is 52.5 Å². The Bertz CT molecular complexity index is 471. The summed E-state index contributed by atoms with van der Waals surface area (Å²) in [7, 11) is 2.03. The molecule has 0 heterocycles. The first-order valence-corrected chi connectivity index (χ1v) is 8.70. The quantitative estimate of drug-likeness (QED) is 0.706. The van der Waals surface area contributed by atoms with Gasteiger partial charge in [0.15, 0.2) is 0 Å². The van der Waals surface area contributed by atoms with Crippen molar-refractivity contribution in [3.05, 3.63) is 33.8 Å². The van der Waals surface area contributed by atoms with Gasteiger partial charge in [0.2, 0.25) is 0 Å². The lowest BCUT2D eigenvalue weighted by Gasteiger charge is -2.39. The summed E-state index contributed by atoms with van der Waals surface area (Å²) in [5, 5.41) is 5.05. The molecule has 1 N–H and O–H groups in total. The molecule has 21 heavy (non-hydrogen) atoms. The molecule has 0 spiro atoms. The van der Waals surface area contributed by atoms with E-state index < -0.39 is 0 Å². The van der Waals surface area contributed by atoms with Gasteiger partial charge in [0.1, 0.15) is 0 Å². The number of hydrogen-bond acceptors (Lipinski definition) is 1. The van der Waals surface area contributed by atoms with Crippen molar-refractivity contribution in [3.8, 4) is 0 Å². The van der Waals surface area contributed by atoms with Crippen molar-refractivity contribution in [1.29, 1.82) is 0 Å². The van der Waals surface area contributed by atoms with Crippen LogP contribution in [0.2, 0.25) is 10.0 Å². The Labute approximate surface area is 139 Å². The van der Waals surface area contributed by atoms with E-state index in [1.165, 1.54) is 25.7 Å². The summed E-state index contributed by atoms with van der Waals surface area (Å²) in [5.74, 6) is 1.48. The van der Waals surface area contributed by atoms with E-state index in [9.17, 15) is 0 Å². The summed E-state index contributed by atoms with van der Waals surface area (Å²) in [6.45, 7) is 7.09. The van der Waals surface area contributed by atoms with Crippen LogP contribution in [-0.4, -0.2) is 7.05 Å². The summed E-state index contributed by atoms with van der Waals surface area (Å²) in [4.78, 5) is 0. The first kappa shape index (κ1) is 17.1. The zero-order valence-electron chi connectivity index (χ0n) is 13.5. The minimum atomic E-state index is 0.303. The van der Waals surface area contributed by atoms with E-state index in [-0.39, 0.29) is 0 Å². The Morgan fingerprint density at radius 3 is 2.24 bits per heavy atom. The third-order valence-electron chi connectivity index (χ3n) is 5.07. The van der Waals surface area contributed by atoms with E-state index in [2.05, 4.69) is 26.1 Å². The van der Waals surface area contributed by atoms with Crippen LogP contribution in [0.4, 0.5) is 0 Å². The molecule has 0 radical (unpaired) electrons. The second-order valence-corrected chi connectivity index (χ2v) is 8.25. The molecule has 1 nitrogen and oxygen atoms in total. The molecule has 0 bridgehead atoms. The fraction of sp³-hybridized carbons (Fsp3) is 0.667. The predicted octanol–water partition coefficient (Wildman–Crippen LogP) is 6.11. The van der Waals surface area contributed by atoms with E-state index in [1.807, 2.05) is 25.2 Å². The fourth-order valence-electron chi connectivity index (χ4n) is 3.72. The molecule has 0 aromatic heterocycles. The van der Waals surface area contributed by atoms with Crippen LogP contribution in [-0.2, 0) is 0 Å². The highest BCUT2D eigenvalue weighted by molar-refractivity contribution is 6.33. The zero-order valence-corrected chi connectivity index (χ0v) is 15.1. The van der Waals surface area contributed by atoms with Crippen LogP contribution in [0.5, 0.6) is 0 Å². The van der Waals surface area contributed by atoms with Gasteiger partial charge in [-0.05, 0) is 73.7 Å². The summed E-state index contributed by atoms with van der Waals surface area (Å²) in [6.07, 6.45) is 5.14. The zero-order chi connectivity index (χ0) is 15.6. The van der Waals surface area contributed by atoms with Gasteiger partial charge < -0.3 is 5.32 Å². The molecule has 1 aliphatic rings. The van der Waals surface area contributed by atoms with Crippen molar-refractivity contribution in [1.82, 2.24) is 5.32 Å². The topological polar surface area (TPSA) is 12.0 Å². The molecule has 1 unspecified atom stereocenters. The van der Waals surface area contributed by atoms with Crippen LogP contribution < -0.4 is 5.32 Å². The molecule has 1 saturated carbocycles. The largest absolute Gasteiger partial charge is 0.313 e. The van der Waals surface area contributed by atoms with E-state index in [4.69, 9.17) is 23.2 Å². The van der Waals surface area contributed by atoms with Crippen LogP contribution >= 0.6 is 23.2 Å². The van der Waals surface area contributed by atoms with E-state index in [1.54, 1.807) is 0 Å². The maximum atomic E-state index is 6.39. The summed E-state index contributed by atoms with van der Waals surface area (Å²) < 4.78 is 0. The second kappa shape index (κ2) is 6.89. The summed E-state index contributed by atoms with van der Waals surface area (Å²) in [5.41, 5.74) is 1.57. The smallest absolute Gasteiger partial charge is 0.0454 e. The minimum absolute atomic E-state index is 0.303. The van der Waals surface area contributed by atoms with Crippen LogP contribution in [0.25, 0.3) is 0 Å². The molecule has 0 aliphatic heterocycles. The SMILES string of the molecule is CNC(c1cc(Cl)ccc1Cl)C1CCC(C(C)(C)C)CC1. The molecular formula is C18H27Cl2N. The second-order valence-electron chi connectivity index (χ2n) is 7.41. The Hall–Kier alpha value is -0.240. The molecule has 2 rings (SSSR count). The van der Waals surface area contributed by atoms with Gasteiger partial charge in [0.25, 0.3) is 0 Å². The number of rotatable bonds is 3. The van der Waals surface area contributed by atoms with Crippen LogP contribution in [0.3, 0.4) is 0 Å². The van der Waals surface area contributed by atoms with Gasteiger partial charge in [0.05, 0.1) is 0 Å². The Morgan fingerprint density at radius 2 is 1.71 bits per heavy atom. The highest BCUT2D eigenvalue weighted by Crippen LogP contribution is 2.44. The molecule has 1 aliphatic carbocycles. The average Bonchev–Trinajstić information content (AvgIpc) is 2.43. The Balaban J connectivity index is 2.11. The van der Waals surface area contributed by atoms with Gasteiger partial charge in [-0.25, -0.2) is 0 Å². The van der Waals surface area contributed by atoms with Crippen molar-refractivity contribution < 1.29 is 0 Å². The summed E-state index contributed by atoms with van der Waals surface area (Å²) in [6, 6.07) is 6.08. The van der Waals surface area contributed by atoms with E-state index >= 15 is 0 Å². The third-order valence-corrected chi connectivity index (χ3v) is 5.65. The standard InChI is InChI=1S/C18H27Cl2N/c1-18(2,3)13-7-5-12(6-8-13)17(21-4)15-11-14(19)9-10-16(15)20/h9-13,17,21H,5-8H2,1-4H3. The molecule has 0 amide bonds. The molecule has 1 aromatic carbocycles. The first-order valence-electron chi connectivity index (χ1n) is 7.95. The lowest BCUT2D eigenvalue weighted by atomic mass is 9.68. The van der Waals surface area contributed by atoms with Crippen LogP contribution in [0, 0.1) is 17.3 Å². The average molecular weight is 328 g/mol. The van der Waals surface area contributed by atoms with E-state index in [0.717, 1.165) is 21.5 Å². The van der Waals surface area contributed by atoms with Crippen LogP contribution in [0.1, 0.15) is 58.1 Å². The Morgan fingerprint density at radius 1 is 1.10 bits per heavy atom. The van der Waals surface area contributed by atoms with Crippen molar-refractivity contribution in [2.24, 2.45) is 17.3 Å². The Kier molecular flexibility index (Phi) is 5.62. The molecular weight excluding hydrogens is 301 g/mol. The lowest BCUT2D eigenvalue weighted by Crippen LogP contribution is -2.32. The first-order chi connectivity index (χ1) is 9.82. The molecule has 0 saturated heterocycles. The highest BCUT2D eigenvalue weighted by atomic mass is 35.5.